The van der Waals surface area contributed by atoms with E-state index in [1.807, 2.05) is 53.4 Å². The Morgan fingerprint density at radius 2 is 1.87 bits per heavy atom. The van der Waals surface area contributed by atoms with Crippen molar-refractivity contribution >= 4 is 22.9 Å². The number of fused-ring (bicyclic) bond motifs is 2. The van der Waals surface area contributed by atoms with Crippen molar-refractivity contribution in [2.75, 3.05) is 31.1 Å². The highest BCUT2D eigenvalue weighted by Crippen LogP contribution is 2.41. The second-order valence-electron chi connectivity index (χ2n) is 13.2. The lowest BCUT2D eigenvalue weighted by Gasteiger charge is -2.41. The number of ether oxygens (including phenoxy) is 2. The summed E-state index contributed by atoms with van der Waals surface area (Å²) >= 11 is 0. The number of carbonyl (C=O) groups is 1. The molecule has 4 aromatic rings. The number of nitrogens with zero attached hydrogens (tertiary/aromatic N) is 6. The molecule has 46 heavy (non-hydrogen) atoms. The number of aryl methyl sites for hydroxylation is 1. The van der Waals surface area contributed by atoms with Crippen LogP contribution in [-0.4, -0.2) is 68.4 Å². The largest absolute Gasteiger partial charge is 0.492 e. The summed E-state index contributed by atoms with van der Waals surface area (Å²) in [7, 11) is 0. The first kappa shape index (κ1) is 31.4. The molecule has 6 rings (SSSR count). The average Bonchev–Trinajstić information content (AvgIpc) is 3.45. The lowest BCUT2D eigenvalue weighted by atomic mass is 10.0. The number of aromatic nitrogens is 4. The third kappa shape index (κ3) is 5.54. The first-order valence-electron chi connectivity index (χ1n) is 15.5. The van der Waals surface area contributed by atoms with Gasteiger partial charge >= 0.3 is 11.8 Å². The molecule has 2 aliphatic heterocycles. The zero-order valence-electron chi connectivity index (χ0n) is 27.1. The van der Waals surface area contributed by atoms with Gasteiger partial charge in [0.15, 0.2) is 11.5 Å². The fourth-order valence-electron chi connectivity index (χ4n) is 6.20. The van der Waals surface area contributed by atoms with Gasteiger partial charge < -0.3 is 19.3 Å². The Morgan fingerprint density at radius 1 is 1.11 bits per heavy atom. The number of anilines is 1. The summed E-state index contributed by atoms with van der Waals surface area (Å²) < 4.78 is 44.4. The van der Waals surface area contributed by atoms with Gasteiger partial charge in [0.25, 0.3) is 0 Å². The standard InChI is InChI=1S/C34H38F2N6O4/c1-18(2)26-28(19(3)10-12-37-26)42-31-22(16-24(36)27(38-31)25-23(35)9-8-21-11-15-45-29(21)25)30(39-32(42)43)41-14-13-40(17-20(41)4)33(44)46-34(5,6)7/h8-10,12,16,18,20H,11,13-15,17H2,1-7H3/t20-/m0/s1. The normalized spacial score (nSPS) is 16.6. The Balaban J connectivity index is 1.57. The van der Waals surface area contributed by atoms with Crippen molar-refractivity contribution in [3.05, 3.63) is 69.4 Å². The fraction of sp³-hybridized carbons (Fsp3) is 0.441. The zero-order valence-corrected chi connectivity index (χ0v) is 27.1. The number of amides is 1. The molecule has 0 bridgehead atoms. The molecule has 10 nitrogen and oxygen atoms in total. The predicted octanol–water partition coefficient (Wildman–Crippen LogP) is 5.93. The van der Waals surface area contributed by atoms with Gasteiger partial charge in [-0.1, -0.05) is 19.9 Å². The van der Waals surface area contributed by atoms with E-state index in [-0.39, 0.29) is 45.8 Å². The molecule has 0 unspecified atom stereocenters. The molecule has 242 valence electrons. The minimum atomic E-state index is -0.782. The average molecular weight is 633 g/mol. The van der Waals surface area contributed by atoms with Gasteiger partial charge in [0.2, 0.25) is 0 Å². The second-order valence-corrected chi connectivity index (χ2v) is 13.2. The van der Waals surface area contributed by atoms with Gasteiger partial charge in [-0.2, -0.15) is 4.98 Å². The van der Waals surface area contributed by atoms with E-state index in [0.29, 0.717) is 44.0 Å². The number of halogens is 2. The van der Waals surface area contributed by atoms with E-state index in [0.717, 1.165) is 11.1 Å². The van der Waals surface area contributed by atoms with Crippen molar-refractivity contribution in [2.24, 2.45) is 0 Å². The lowest BCUT2D eigenvalue weighted by molar-refractivity contribution is 0.0218. The monoisotopic (exact) mass is 632 g/mol. The van der Waals surface area contributed by atoms with Gasteiger partial charge in [0, 0.05) is 38.3 Å². The maximum Gasteiger partial charge on any atom is 0.410 e. The molecule has 0 aliphatic carbocycles. The summed E-state index contributed by atoms with van der Waals surface area (Å²) in [6.07, 6.45) is 1.81. The third-order valence-corrected chi connectivity index (χ3v) is 8.32. The minimum absolute atomic E-state index is 0.0689. The molecule has 1 amide bonds. The Labute approximate surface area is 266 Å². The SMILES string of the molecule is Cc1ccnc(C(C)C)c1-n1c(=O)nc(N2CCN(C(=O)OC(C)(C)C)C[C@@H]2C)c2cc(F)c(-c3c(F)ccc4c3OCC4)nc21. The summed E-state index contributed by atoms with van der Waals surface area (Å²) in [5, 5.41) is 0.269. The number of benzene rings is 1. The van der Waals surface area contributed by atoms with Crippen LogP contribution < -0.4 is 15.3 Å². The van der Waals surface area contributed by atoms with Crippen LogP contribution in [-0.2, 0) is 11.2 Å². The van der Waals surface area contributed by atoms with Crippen molar-refractivity contribution in [2.45, 2.75) is 72.4 Å². The molecule has 5 heterocycles. The first-order chi connectivity index (χ1) is 21.7. The molecule has 1 aromatic carbocycles. The van der Waals surface area contributed by atoms with Crippen LogP contribution in [0.1, 0.15) is 64.3 Å². The smallest absolute Gasteiger partial charge is 0.410 e. The van der Waals surface area contributed by atoms with Crippen LogP contribution in [0.5, 0.6) is 5.75 Å². The molecule has 0 spiro atoms. The highest BCUT2D eigenvalue weighted by molar-refractivity contribution is 5.91. The number of carbonyl (C=O) groups excluding carboxylic acids is 1. The highest BCUT2D eigenvalue weighted by atomic mass is 19.1. The van der Waals surface area contributed by atoms with Crippen LogP contribution in [0.15, 0.2) is 35.3 Å². The topological polar surface area (TPSA) is 103 Å². The molecule has 0 N–H and O–H groups in total. The molecular weight excluding hydrogens is 594 g/mol. The molecule has 1 atom stereocenters. The van der Waals surface area contributed by atoms with Crippen LogP contribution in [0.25, 0.3) is 28.0 Å². The molecular formula is C34H38F2N6O4. The Morgan fingerprint density at radius 3 is 2.57 bits per heavy atom. The van der Waals surface area contributed by atoms with Crippen molar-refractivity contribution in [1.82, 2.24) is 24.4 Å². The van der Waals surface area contributed by atoms with Gasteiger partial charge in [0.1, 0.15) is 28.7 Å². The van der Waals surface area contributed by atoms with E-state index >= 15 is 8.78 Å². The van der Waals surface area contributed by atoms with Gasteiger partial charge in [0.05, 0.1) is 28.9 Å². The Kier molecular flexibility index (Phi) is 7.94. The van der Waals surface area contributed by atoms with Gasteiger partial charge in [-0.25, -0.2) is 27.9 Å². The second kappa shape index (κ2) is 11.6. The number of piperazine rings is 1. The van der Waals surface area contributed by atoms with Crippen LogP contribution in [0, 0.1) is 18.6 Å². The van der Waals surface area contributed by atoms with Crippen molar-refractivity contribution in [1.29, 1.82) is 0 Å². The molecule has 12 heteroatoms. The maximum atomic E-state index is 16.2. The van der Waals surface area contributed by atoms with Crippen LogP contribution in [0.4, 0.5) is 19.4 Å². The summed E-state index contributed by atoms with van der Waals surface area (Å²) in [5.74, 6) is -1.05. The molecule has 1 saturated heterocycles. The van der Waals surface area contributed by atoms with E-state index in [1.54, 1.807) is 23.2 Å². The first-order valence-corrected chi connectivity index (χ1v) is 15.5. The number of hydrogen-bond donors (Lipinski definition) is 0. The van der Waals surface area contributed by atoms with Crippen molar-refractivity contribution < 1.29 is 23.0 Å². The third-order valence-electron chi connectivity index (χ3n) is 8.32. The van der Waals surface area contributed by atoms with Crippen molar-refractivity contribution in [3.63, 3.8) is 0 Å². The molecule has 0 saturated carbocycles. The van der Waals surface area contributed by atoms with Crippen LogP contribution in [0.2, 0.25) is 0 Å². The van der Waals surface area contributed by atoms with Gasteiger partial charge in [-0.15, -0.1) is 0 Å². The molecule has 0 radical (unpaired) electrons. The summed E-state index contributed by atoms with van der Waals surface area (Å²) in [6.45, 7) is 14.4. The minimum Gasteiger partial charge on any atom is -0.492 e. The number of rotatable bonds is 4. The van der Waals surface area contributed by atoms with Gasteiger partial charge in [-0.3, -0.25) is 4.98 Å². The molecule has 1 fully saturated rings. The van der Waals surface area contributed by atoms with E-state index in [9.17, 15) is 9.59 Å². The number of hydrogen-bond acceptors (Lipinski definition) is 8. The quantitative estimate of drug-likeness (QED) is 0.273. The summed E-state index contributed by atoms with van der Waals surface area (Å²) in [6, 6.07) is 5.66. The maximum absolute atomic E-state index is 16.2. The van der Waals surface area contributed by atoms with E-state index < -0.39 is 29.0 Å². The van der Waals surface area contributed by atoms with E-state index in [2.05, 4.69) is 9.97 Å². The highest BCUT2D eigenvalue weighted by Gasteiger charge is 2.33. The Hall–Kier alpha value is -4.61. The predicted molar refractivity (Wildman–Crippen MR) is 171 cm³/mol. The summed E-state index contributed by atoms with van der Waals surface area (Å²) in [5.41, 5.74) is 1.12. The van der Waals surface area contributed by atoms with Crippen LogP contribution >= 0.6 is 0 Å². The number of pyridine rings is 2. The van der Waals surface area contributed by atoms with E-state index in [1.165, 1.54) is 16.7 Å². The van der Waals surface area contributed by atoms with Crippen LogP contribution in [0.3, 0.4) is 0 Å². The zero-order chi connectivity index (χ0) is 33.1. The fourth-order valence-corrected chi connectivity index (χ4v) is 6.20. The summed E-state index contributed by atoms with van der Waals surface area (Å²) in [4.78, 5) is 44.2. The molecule has 3 aromatic heterocycles. The van der Waals surface area contributed by atoms with E-state index in [4.69, 9.17) is 14.5 Å². The van der Waals surface area contributed by atoms with Crippen molar-refractivity contribution in [3.8, 4) is 22.7 Å². The Bertz CT molecular complexity index is 1920. The lowest BCUT2D eigenvalue weighted by Crippen LogP contribution is -2.55. The van der Waals surface area contributed by atoms with Gasteiger partial charge in [-0.05, 0) is 69.9 Å². The molecule has 2 aliphatic rings.